The van der Waals surface area contributed by atoms with E-state index in [9.17, 15) is 9.59 Å². The Kier molecular flexibility index (Phi) is 7.20. The van der Waals surface area contributed by atoms with Crippen LogP contribution in [0.1, 0.15) is 24.8 Å². The Balaban J connectivity index is 1.24. The molecular weight excluding hydrogens is 384 g/mol. The molecule has 2 heterocycles. The van der Waals surface area contributed by atoms with Crippen LogP contribution >= 0.6 is 0 Å². The zero-order chi connectivity index (χ0) is 20.8. The van der Waals surface area contributed by atoms with Gasteiger partial charge in [-0.15, -0.1) is 0 Å². The Morgan fingerprint density at radius 2 is 1.90 bits per heavy atom. The molecule has 3 N–H and O–H groups in total. The number of hydrogen-bond donors (Lipinski definition) is 3. The maximum Gasteiger partial charge on any atom is 0.315 e. The molecule has 2 saturated heterocycles. The van der Waals surface area contributed by atoms with E-state index in [2.05, 4.69) is 20.9 Å². The van der Waals surface area contributed by atoms with E-state index in [0.717, 1.165) is 70.0 Å². The van der Waals surface area contributed by atoms with Crippen LogP contribution in [0, 0.1) is 11.8 Å². The standard InChI is InChI=1S/C22H32N4O4/c27-21(17-4-5-17)25-19-3-1-2-16(12-19)13-23-22(28)24-14-20(18-6-9-30-15-18)26-7-10-29-11-8-26/h1-3,12,17-18,20H,4-11,13-15H2,(H,25,27)(H2,23,24,28)/t18-,20-/m1/s1. The Labute approximate surface area is 177 Å². The highest BCUT2D eigenvalue weighted by Gasteiger charge is 2.32. The Bertz CT molecular complexity index is 728. The summed E-state index contributed by atoms with van der Waals surface area (Å²) in [5.41, 5.74) is 1.73. The maximum atomic E-state index is 12.4. The van der Waals surface area contributed by atoms with Crippen molar-refractivity contribution < 1.29 is 19.1 Å². The molecule has 1 aromatic carbocycles. The minimum Gasteiger partial charge on any atom is -0.381 e. The van der Waals surface area contributed by atoms with Crippen LogP contribution in [0.2, 0.25) is 0 Å². The maximum absolute atomic E-state index is 12.4. The minimum atomic E-state index is -0.181. The predicted molar refractivity (Wildman–Crippen MR) is 113 cm³/mol. The van der Waals surface area contributed by atoms with Crippen LogP contribution in [0.25, 0.3) is 0 Å². The van der Waals surface area contributed by atoms with Crippen molar-refractivity contribution in [1.82, 2.24) is 15.5 Å². The lowest BCUT2D eigenvalue weighted by Gasteiger charge is -2.37. The topological polar surface area (TPSA) is 91.9 Å². The molecule has 0 radical (unpaired) electrons. The van der Waals surface area contributed by atoms with Crippen molar-refractivity contribution in [1.29, 1.82) is 0 Å². The monoisotopic (exact) mass is 416 g/mol. The average molecular weight is 417 g/mol. The van der Waals surface area contributed by atoms with Gasteiger partial charge in [0.1, 0.15) is 0 Å². The summed E-state index contributed by atoms with van der Waals surface area (Å²) < 4.78 is 11.1. The van der Waals surface area contributed by atoms with Crippen molar-refractivity contribution in [3.05, 3.63) is 29.8 Å². The van der Waals surface area contributed by atoms with Gasteiger partial charge >= 0.3 is 6.03 Å². The first kappa shape index (κ1) is 21.1. The number of urea groups is 1. The molecule has 0 unspecified atom stereocenters. The molecule has 3 fully saturated rings. The summed E-state index contributed by atoms with van der Waals surface area (Å²) >= 11 is 0. The zero-order valence-electron chi connectivity index (χ0n) is 17.4. The van der Waals surface area contributed by atoms with E-state index in [1.807, 2.05) is 24.3 Å². The highest BCUT2D eigenvalue weighted by molar-refractivity contribution is 5.94. The number of ether oxygens (including phenoxy) is 2. The van der Waals surface area contributed by atoms with Gasteiger partial charge in [-0.2, -0.15) is 0 Å². The molecule has 8 heteroatoms. The Morgan fingerprint density at radius 1 is 1.07 bits per heavy atom. The van der Waals surface area contributed by atoms with Gasteiger partial charge in [0.2, 0.25) is 5.91 Å². The van der Waals surface area contributed by atoms with E-state index < -0.39 is 0 Å². The largest absolute Gasteiger partial charge is 0.381 e. The number of carbonyl (C=O) groups is 2. The Hall–Kier alpha value is -2.16. The second-order valence-electron chi connectivity index (χ2n) is 8.37. The fraction of sp³-hybridized carbons (Fsp3) is 0.636. The van der Waals surface area contributed by atoms with E-state index in [0.29, 0.717) is 19.0 Å². The van der Waals surface area contributed by atoms with Gasteiger partial charge in [-0.3, -0.25) is 9.69 Å². The highest BCUT2D eigenvalue weighted by atomic mass is 16.5. The first-order valence-corrected chi connectivity index (χ1v) is 11.0. The normalized spacial score (nSPS) is 23.0. The quantitative estimate of drug-likeness (QED) is 0.598. The van der Waals surface area contributed by atoms with Crippen molar-refractivity contribution >= 4 is 17.6 Å². The van der Waals surface area contributed by atoms with Crippen molar-refractivity contribution in [3.8, 4) is 0 Å². The third kappa shape index (κ3) is 5.93. The van der Waals surface area contributed by atoms with Gasteiger partial charge in [0.05, 0.1) is 19.8 Å². The van der Waals surface area contributed by atoms with Crippen LogP contribution in [-0.2, 0) is 20.8 Å². The number of carbonyl (C=O) groups excluding carboxylic acids is 2. The Morgan fingerprint density at radius 3 is 2.63 bits per heavy atom. The third-order valence-corrected chi connectivity index (χ3v) is 6.09. The van der Waals surface area contributed by atoms with Crippen LogP contribution in [0.15, 0.2) is 24.3 Å². The first-order valence-electron chi connectivity index (χ1n) is 11.0. The van der Waals surface area contributed by atoms with E-state index in [1.54, 1.807) is 0 Å². The summed E-state index contributed by atoms with van der Waals surface area (Å²) in [5.74, 6) is 0.695. The SMILES string of the molecule is O=C(NCc1cccc(NC(=O)C2CC2)c1)NC[C@H]([C@@H]1CCOC1)N1CCOCC1. The molecule has 8 nitrogen and oxygen atoms in total. The summed E-state index contributed by atoms with van der Waals surface area (Å²) in [4.78, 5) is 26.8. The number of morpholine rings is 1. The van der Waals surface area contributed by atoms with Gasteiger partial charge in [-0.1, -0.05) is 12.1 Å². The molecular formula is C22H32N4O4. The highest BCUT2D eigenvalue weighted by Crippen LogP contribution is 2.30. The average Bonchev–Trinajstić information content (AvgIpc) is 3.49. The van der Waals surface area contributed by atoms with Crippen molar-refractivity contribution in [2.24, 2.45) is 11.8 Å². The molecule has 4 rings (SSSR count). The molecule has 2 atom stereocenters. The molecule has 30 heavy (non-hydrogen) atoms. The van der Waals surface area contributed by atoms with Gasteiger partial charge in [0.15, 0.2) is 0 Å². The van der Waals surface area contributed by atoms with E-state index in [1.165, 1.54) is 0 Å². The number of nitrogens with one attached hydrogen (secondary N) is 3. The molecule has 1 saturated carbocycles. The molecule has 164 valence electrons. The van der Waals surface area contributed by atoms with Gasteiger partial charge < -0.3 is 25.4 Å². The lowest BCUT2D eigenvalue weighted by molar-refractivity contribution is -0.117. The van der Waals surface area contributed by atoms with Crippen molar-refractivity contribution in [2.75, 3.05) is 51.4 Å². The fourth-order valence-corrected chi connectivity index (χ4v) is 4.15. The summed E-state index contributed by atoms with van der Waals surface area (Å²) in [5, 5.41) is 8.91. The molecule has 0 bridgehead atoms. The van der Waals surface area contributed by atoms with Crippen LogP contribution in [0.5, 0.6) is 0 Å². The van der Waals surface area contributed by atoms with E-state index in [4.69, 9.17) is 9.47 Å². The second-order valence-corrected chi connectivity index (χ2v) is 8.37. The molecule has 3 aliphatic rings. The first-order chi connectivity index (χ1) is 14.7. The molecule has 2 aliphatic heterocycles. The minimum absolute atomic E-state index is 0.0860. The molecule has 0 aromatic heterocycles. The molecule has 3 amide bonds. The number of anilines is 1. The summed E-state index contributed by atoms with van der Waals surface area (Å²) in [6.45, 7) is 5.82. The number of hydrogen-bond acceptors (Lipinski definition) is 5. The summed E-state index contributed by atoms with van der Waals surface area (Å²) in [6, 6.07) is 7.71. The lowest BCUT2D eigenvalue weighted by Crippen LogP contribution is -2.53. The van der Waals surface area contributed by atoms with Crippen LogP contribution < -0.4 is 16.0 Å². The summed E-state index contributed by atoms with van der Waals surface area (Å²) in [7, 11) is 0. The number of nitrogens with zero attached hydrogens (tertiary/aromatic N) is 1. The summed E-state index contributed by atoms with van der Waals surface area (Å²) in [6.07, 6.45) is 2.99. The van der Waals surface area contributed by atoms with E-state index in [-0.39, 0.29) is 23.9 Å². The van der Waals surface area contributed by atoms with Gasteiger partial charge in [-0.05, 0) is 37.0 Å². The second kappa shape index (κ2) is 10.2. The third-order valence-electron chi connectivity index (χ3n) is 6.09. The van der Waals surface area contributed by atoms with Gasteiger partial charge in [-0.25, -0.2) is 4.79 Å². The fourth-order valence-electron chi connectivity index (χ4n) is 4.15. The smallest absolute Gasteiger partial charge is 0.315 e. The van der Waals surface area contributed by atoms with Crippen LogP contribution in [-0.4, -0.2) is 68.9 Å². The number of rotatable bonds is 8. The lowest BCUT2D eigenvalue weighted by atomic mass is 9.97. The number of amides is 3. The van der Waals surface area contributed by atoms with Crippen LogP contribution in [0.3, 0.4) is 0 Å². The van der Waals surface area contributed by atoms with Crippen molar-refractivity contribution in [3.63, 3.8) is 0 Å². The van der Waals surface area contributed by atoms with E-state index >= 15 is 0 Å². The van der Waals surface area contributed by atoms with Crippen LogP contribution in [0.4, 0.5) is 10.5 Å². The van der Waals surface area contributed by atoms with Crippen molar-refractivity contribution in [2.45, 2.75) is 31.8 Å². The molecule has 0 spiro atoms. The van der Waals surface area contributed by atoms with Gasteiger partial charge in [0, 0.05) is 56.4 Å². The number of benzene rings is 1. The predicted octanol–water partition coefficient (Wildman–Crippen LogP) is 1.57. The molecule has 1 aliphatic carbocycles. The molecule has 1 aromatic rings. The van der Waals surface area contributed by atoms with Gasteiger partial charge in [0.25, 0.3) is 0 Å². The zero-order valence-corrected chi connectivity index (χ0v) is 17.4.